The average Bonchev–Trinajstić information content (AvgIpc) is 2.90. The molecule has 0 saturated carbocycles. The van der Waals surface area contributed by atoms with Crippen molar-refractivity contribution < 1.29 is 4.74 Å². The van der Waals surface area contributed by atoms with Crippen LogP contribution in [-0.2, 0) is 4.74 Å². The van der Waals surface area contributed by atoms with Gasteiger partial charge in [0.2, 0.25) is 0 Å². The number of hydrogen-bond acceptors (Lipinski definition) is 3. The summed E-state index contributed by atoms with van der Waals surface area (Å²) in [6.45, 7) is 11.4. The van der Waals surface area contributed by atoms with Crippen molar-refractivity contribution in [1.29, 1.82) is 0 Å². The Hall–Kier alpha value is -0.120. The van der Waals surface area contributed by atoms with Crippen molar-refractivity contribution in [2.75, 3.05) is 26.2 Å². The molecule has 2 heterocycles. The Kier molecular flexibility index (Phi) is 5.46. The van der Waals surface area contributed by atoms with Gasteiger partial charge < -0.3 is 10.1 Å². The second kappa shape index (κ2) is 6.88. The lowest BCUT2D eigenvalue weighted by molar-refractivity contribution is 0.0219. The highest BCUT2D eigenvalue weighted by Gasteiger charge is 2.29. The highest BCUT2D eigenvalue weighted by Crippen LogP contribution is 2.24. The first-order valence-electron chi connectivity index (χ1n) is 7.75. The van der Waals surface area contributed by atoms with Gasteiger partial charge in [0, 0.05) is 19.1 Å². The second-order valence-electron chi connectivity index (χ2n) is 6.50. The topological polar surface area (TPSA) is 24.5 Å². The molecule has 1 N–H and O–H groups in total. The molecule has 3 nitrogen and oxygen atoms in total. The number of nitrogens with one attached hydrogen (secondary N) is 1. The summed E-state index contributed by atoms with van der Waals surface area (Å²) < 4.78 is 6.15. The Morgan fingerprint density at radius 1 is 1.22 bits per heavy atom. The third-order valence-corrected chi connectivity index (χ3v) is 4.25. The Balaban J connectivity index is 1.62. The van der Waals surface area contributed by atoms with Gasteiger partial charge >= 0.3 is 0 Å². The smallest absolute Gasteiger partial charge is 0.0707 e. The van der Waals surface area contributed by atoms with Gasteiger partial charge in [-0.25, -0.2) is 0 Å². The molecule has 3 atom stereocenters. The first kappa shape index (κ1) is 14.3. The van der Waals surface area contributed by atoms with E-state index in [9.17, 15) is 0 Å². The van der Waals surface area contributed by atoms with Crippen LogP contribution in [0.25, 0.3) is 0 Å². The lowest BCUT2D eigenvalue weighted by atomic mass is 10.1. The molecule has 2 rings (SSSR count). The molecule has 2 aliphatic rings. The van der Waals surface area contributed by atoms with Crippen LogP contribution in [0.3, 0.4) is 0 Å². The highest BCUT2D eigenvalue weighted by molar-refractivity contribution is 4.82. The van der Waals surface area contributed by atoms with E-state index in [1.54, 1.807) is 0 Å². The summed E-state index contributed by atoms with van der Waals surface area (Å²) in [5, 5.41) is 3.51. The van der Waals surface area contributed by atoms with Crippen LogP contribution in [0.15, 0.2) is 0 Å². The van der Waals surface area contributed by atoms with Crippen LogP contribution in [0, 0.1) is 5.92 Å². The van der Waals surface area contributed by atoms with E-state index in [1.807, 2.05) is 0 Å². The lowest BCUT2D eigenvalue weighted by Crippen LogP contribution is -2.36. The van der Waals surface area contributed by atoms with Crippen molar-refractivity contribution in [2.24, 2.45) is 5.92 Å². The van der Waals surface area contributed by atoms with Gasteiger partial charge in [-0.3, -0.25) is 4.90 Å². The Morgan fingerprint density at radius 3 is 2.67 bits per heavy atom. The molecule has 0 radical (unpaired) electrons. The van der Waals surface area contributed by atoms with E-state index in [0.717, 1.165) is 31.6 Å². The lowest BCUT2D eigenvalue weighted by Gasteiger charge is -2.24. The van der Waals surface area contributed by atoms with Gasteiger partial charge in [0.25, 0.3) is 0 Å². The molecule has 0 bridgehead atoms. The van der Waals surface area contributed by atoms with Crippen molar-refractivity contribution in [2.45, 2.75) is 64.7 Å². The third kappa shape index (κ3) is 4.22. The van der Waals surface area contributed by atoms with Gasteiger partial charge in [-0.1, -0.05) is 13.8 Å². The van der Waals surface area contributed by atoms with Crippen molar-refractivity contribution in [3.8, 4) is 0 Å². The zero-order valence-corrected chi connectivity index (χ0v) is 12.3. The Morgan fingerprint density at radius 2 is 2.00 bits per heavy atom. The van der Waals surface area contributed by atoms with Crippen LogP contribution < -0.4 is 5.32 Å². The molecule has 3 unspecified atom stereocenters. The van der Waals surface area contributed by atoms with E-state index in [4.69, 9.17) is 4.74 Å². The molecule has 0 aromatic carbocycles. The van der Waals surface area contributed by atoms with E-state index in [2.05, 4.69) is 31.0 Å². The molecule has 3 heteroatoms. The predicted octanol–water partition coefficient (Wildman–Crippen LogP) is 2.26. The van der Waals surface area contributed by atoms with Crippen molar-refractivity contribution in [3.63, 3.8) is 0 Å². The summed E-state index contributed by atoms with van der Waals surface area (Å²) in [4.78, 5) is 2.61. The molecule has 0 spiro atoms. The largest absolute Gasteiger partial charge is 0.372 e. The van der Waals surface area contributed by atoms with Crippen LogP contribution in [0.5, 0.6) is 0 Å². The van der Waals surface area contributed by atoms with Gasteiger partial charge in [-0.15, -0.1) is 0 Å². The maximum atomic E-state index is 6.15. The van der Waals surface area contributed by atoms with Gasteiger partial charge in [-0.05, 0) is 51.6 Å². The maximum absolute atomic E-state index is 6.15. The van der Waals surface area contributed by atoms with Crippen molar-refractivity contribution >= 4 is 0 Å². The van der Waals surface area contributed by atoms with E-state index >= 15 is 0 Å². The zero-order valence-electron chi connectivity index (χ0n) is 12.3. The highest BCUT2D eigenvalue weighted by atomic mass is 16.5. The molecule has 0 amide bonds. The van der Waals surface area contributed by atoms with Crippen LogP contribution in [0.1, 0.15) is 46.5 Å². The average molecular weight is 254 g/mol. The summed E-state index contributed by atoms with van der Waals surface area (Å²) >= 11 is 0. The number of rotatable bonds is 6. The van der Waals surface area contributed by atoms with Gasteiger partial charge in [0.05, 0.1) is 12.2 Å². The van der Waals surface area contributed by atoms with Gasteiger partial charge in [-0.2, -0.15) is 0 Å². The molecule has 2 aliphatic heterocycles. The van der Waals surface area contributed by atoms with Crippen LogP contribution in [-0.4, -0.2) is 49.3 Å². The van der Waals surface area contributed by atoms with Crippen LogP contribution in [0.2, 0.25) is 0 Å². The minimum absolute atomic E-state index is 0.451. The summed E-state index contributed by atoms with van der Waals surface area (Å²) in [5.74, 6) is 0.729. The standard InChI is InChI=1S/C15H30N2O/c1-12(2)9-16-10-14-6-7-15(18-14)11-17-8-4-5-13(17)3/h12-16H,4-11H2,1-3H3. The summed E-state index contributed by atoms with van der Waals surface area (Å²) in [5.41, 5.74) is 0. The Labute approximate surface area is 112 Å². The fourth-order valence-corrected chi connectivity index (χ4v) is 3.12. The van der Waals surface area contributed by atoms with E-state index < -0.39 is 0 Å². The Bertz CT molecular complexity index is 245. The fourth-order valence-electron chi connectivity index (χ4n) is 3.12. The summed E-state index contributed by atoms with van der Waals surface area (Å²) in [6.07, 6.45) is 6.15. The monoisotopic (exact) mass is 254 g/mol. The minimum Gasteiger partial charge on any atom is -0.372 e. The molecule has 0 aromatic heterocycles. The quantitative estimate of drug-likeness (QED) is 0.787. The van der Waals surface area contributed by atoms with Gasteiger partial charge in [0.1, 0.15) is 0 Å². The van der Waals surface area contributed by atoms with Crippen molar-refractivity contribution in [1.82, 2.24) is 10.2 Å². The molecule has 2 fully saturated rings. The zero-order chi connectivity index (χ0) is 13.0. The summed E-state index contributed by atoms with van der Waals surface area (Å²) in [7, 11) is 0. The number of nitrogens with zero attached hydrogens (tertiary/aromatic N) is 1. The molecular formula is C15H30N2O. The second-order valence-corrected chi connectivity index (χ2v) is 6.50. The SMILES string of the molecule is CC(C)CNCC1CCC(CN2CCCC2C)O1. The van der Waals surface area contributed by atoms with Gasteiger partial charge in [0.15, 0.2) is 0 Å². The van der Waals surface area contributed by atoms with Crippen molar-refractivity contribution in [3.05, 3.63) is 0 Å². The van der Waals surface area contributed by atoms with E-state index in [0.29, 0.717) is 12.2 Å². The molecular weight excluding hydrogens is 224 g/mol. The molecule has 0 aromatic rings. The minimum atomic E-state index is 0.451. The fraction of sp³-hybridized carbons (Fsp3) is 1.00. The third-order valence-electron chi connectivity index (χ3n) is 4.25. The first-order valence-corrected chi connectivity index (χ1v) is 7.75. The molecule has 0 aliphatic carbocycles. The van der Waals surface area contributed by atoms with Crippen LogP contribution in [0.4, 0.5) is 0 Å². The molecule has 18 heavy (non-hydrogen) atoms. The number of likely N-dealkylation sites (tertiary alicyclic amines) is 1. The normalized spacial score (nSPS) is 33.7. The first-order chi connectivity index (χ1) is 8.65. The molecule has 2 saturated heterocycles. The van der Waals surface area contributed by atoms with Crippen LogP contribution >= 0.6 is 0 Å². The van der Waals surface area contributed by atoms with E-state index in [-0.39, 0.29) is 0 Å². The number of hydrogen-bond donors (Lipinski definition) is 1. The number of ether oxygens (including phenoxy) is 1. The maximum Gasteiger partial charge on any atom is 0.0707 e. The summed E-state index contributed by atoms with van der Waals surface area (Å²) in [6, 6.07) is 0.770. The van der Waals surface area contributed by atoms with E-state index in [1.165, 1.54) is 32.2 Å². The molecule has 106 valence electrons. The predicted molar refractivity (Wildman–Crippen MR) is 75.9 cm³/mol.